The van der Waals surface area contributed by atoms with Crippen molar-refractivity contribution in [2.75, 3.05) is 5.32 Å². The molecule has 0 aromatic heterocycles. The summed E-state index contributed by atoms with van der Waals surface area (Å²) in [5, 5.41) is 7.56. The molecule has 1 aliphatic carbocycles. The van der Waals surface area contributed by atoms with Crippen LogP contribution >= 0.6 is 0 Å². The Morgan fingerprint density at radius 1 is 1.00 bits per heavy atom. The van der Waals surface area contributed by atoms with Gasteiger partial charge in [-0.1, -0.05) is 61.0 Å². The highest BCUT2D eigenvalue weighted by molar-refractivity contribution is 6.01. The fourth-order valence-electron chi connectivity index (χ4n) is 5.23. The fraction of sp³-hybridized carbons (Fsp3) is 0.394. The van der Waals surface area contributed by atoms with Crippen molar-refractivity contribution in [3.8, 4) is 0 Å². The Hall–Kier alpha value is -4.40. The van der Waals surface area contributed by atoms with Gasteiger partial charge in [0.15, 0.2) is 0 Å². The number of carbonyl (C=O) groups excluding carboxylic acids is 4. The first-order valence-electron chi connectivity index (χ1n) is 14.2. The summed E-state index contributed by atoms with van der Waals surface area (Å²) in [7, 11) is 0. The lowest BCUT2D eigenvalue weighted by molar-refractivity contribution is -0.142. The third-order valence-electron chi connectivity index (χ3n) is 7.34. The molecule has 9 nitrogen and oxygen atoms in total. The van der Waals surface area contributed by atoms with E-state index in [1.165, 1.54) is 4.90 Å². The zero-order valence-corrected chi connectivity index (χ0v) is 25.1. The highest BCUT2D eigenvalue weighted by Gasteiger charge is 2.48. The molecule has 4 rings (SSSR count). The largest absolute Gasteiger partial charge is 0.444 e. The van der Waals surface area contributed by atoms with Gasteiger partial charge in [-0.15, -0.1) is 0 Å². The maximum absolute atomic E-state index is 14.3. The van der Waals surface area contributed by atoms with Gasteiger partial charge in [-0.05, 0) is 81.0 Å². The van der Waals surface area contributed by atoms with Gasteiger partial charge in [0, 0.05) is 11.7 Å². The number of nitrogens with two attached hydrogens (primary N) is 1. The van der Waals surface area contributed by atoms with Crippen molar-refractivity contribution in [1.82, 2.24) is 10.2 Å². The standard InChI is InChI=1S/C33H40N4O5/c1-19-11-14-25(20(2)15-19)29(30(39)35-24-13-12-22-9-7-8-10-23(22)17-24)37(27-16-21(27)3)31(40)26(18-28(34)38)36-32(41)42-33(4,5)6/h7-15,17,21,26-27,29H,16,18H2,1-6H3,(H2,34,38)(H,35,39)(H,36,41). The molecule has 0 saturated heterocycles. The molecule has 4 unspecified atom stereocenters. The second-order valence-electron chi connectivity index (χ2n) is 12.2. The third kappa shape index (κ3) is 7.46. The van der Waals surface area contributed by atoms with E-state index >= 15 is 0 Å². The normalized spacial score (nSPS) is 17.6. The van der Waals surface area contributed by atoms with Gasteiger partial charge in [0.25, 0.3) is 5.91 Å². The molecule has 4 amide bonds. The van der Waals surface area contributed by atoms with E-state index in [1.807, 2.05) is 81.4 Å². The molecule has 0 radical (unpaired) electrons. The molecule has 9 heteroatoms. The zero-order chi connectivity index (χ0) is 30.8. The molecule has 42 heavy (non-hydrogen) atoms. The van der Waals surface area contributed by atoms with Crippen molar-refractivity contribution in [3.63, 3.8) is 0 Å². The van der Waals surface area contributed by atoms with Crippen molar-refractivity contribution in [1.29, 1.82) is 0 Å². The van der Waals surface area contributed by atoms with E-state index < -0.39 is 47.9 Å². The van der Waals surface area contributed by atoms with Crippen LogP contribution in [0.15, 0.2) is 60.7 Å². The highest BCUT2D eigenvalue weighted by Crippen LogP contribution is 2.42. The summed E-state index contributed by atoms with van der Waals surface area (Å²) in [4.78, 5) is 54.8. The number of nitrogens with zero attached hydrogens (tertiary/aromatic N) is 1. The Morgan fingerprint density at radius 2 is 1.67 bits per heavy atom. The van der Waals surface area contributed by atoms with Crippen LogP contribution in [-0.2, 0) is 19.1 Å². The summed E-state index contributed by atoms with van der Waals surface area (Å²) < 4.78 is 5.36. The van der Waals surface area contributed by atoms with Crippen LogP contribution in [0.1, 0.15) is 63.3 Å². The Balaban J connectivity index is 1.75. The van der Waals surface area contributed by atoms with Crippen molar-refractivity contribution in [2.24, 2.45) is 11.7 Å². The van der Waals surface area contributed by atoms with Gasteiger partial charge >= 0.3 is 6.09 Å². The van der Waals surface area contributed by atoms with E-state index in [4.69, 9.17) is 10.5 Å². The average Bonchev–Trinajstić information content (AvgIpc) is 3.61. The molecule has 0 spiro atoms. The molecule has 0 bridgehead atoms. The van der Waals surface area contributed by atoms with Crippen molar-refractivity contribution in [3.05, 3.63) is 77.4 Å². The minimum atomic E-state index is -1.31. The molecule has 4 atom stereocenters. The molecule has 3 aromatic carbocycles. The molecule has 222 valence electrons. The first kappa shape index (κ1) is 30.6. The van der Waals surface area contributed by atoms with Gasteiger partial charge < -0.3 is 26.0 Å². The number of rotatable bonds is 9. The molecule has 0 heterocycles. The minimum Gasteiger partial charge on any atom is -0.444 e. The maximum atomic E-state index is 14.3. The molecule has 1 saturated carbocycles. The van der Waals surface area contributed by atoms with Gasteiger partial charge in [-0.25, -0.2) is 4.79 Å². The number of nitrogens with one attached hydrogen (secondary N) is 2. The lowest BCUT2D eigenvalue weighted by atomic mass is 9.95. The van der Waals surface area contributed by atoms with Gasteiger partial charge in [-0.2, -0.15) is 0 Å². The third-order valence-corrected chi connectivity index (χ3v) is 7.34. The predicted molar refractivity (Wildman–Crippen MR) is 163 cm³/mol. The first-order valence-corrected chi connectivity index (χ1v) is 14.2. The van der Waals surface area contributed by atoms with Crippen molar-refractivity contribution >= 4 is 40.3 Å². The van der Waals surface area contributed by atoms with E-state index in [2.05, 4.69) is 10.6 Å². The molecular weight excluding hydrogens is 532 g/mol. The van der Waals surface area contributed by atoms with Gasteiger partial charge in [0.1, 0.15) is 17.7 Å². The summed E-state index contributed by atoms with van der Waals surface area (Å²) in [6.07, 6.45) is -0.622. The zero-order valence-electron chi connectivity index (χ0n) is 25.1. The Kier molecular flexibility index (Phi) is 8.89. The number of aryl methyl sites for hydroxylation is 2. The molecular formula is C33H40N4O5. The average molecular weight is 573 g/mol. The van der Waals surface area contributed by atoms with Gasteiger partial charge in [0.2, 0.25) is 11.8 Å². The Bertz CT molecular complexity index is 1510. The van der Waals surface area contributed by atoms with E-state index in [0.29, 0.717) is 17.7 Å². The lowest BCUT2D eigenvalue weighted by Gasteiger charge is -2.35. The molecule has 1 aliphatic rings. The Labute approximate surface area is 246 Å². The minimum absolute atomic E-state index is 0.117. The van der Waals surface area contributed by atoms with Crippen LogP contribution < -0.4 is 16.4 Å². The van der Waals surface area contributed by atoms with E-state index in [9.17, 15) is 19.2 Å². The maximum Gasteiger partial charge on any atom is 0.408 e. The molecule has 3 aromatic rings. The molecule has 4 N–H and O–H groups in total. The van der Waals surface area contributed by atoms with E-state index in [-0.39, 0.29) is 12.0 Å². The summed E-state index contributed by atoms with van der Waals surface area (Å²) in [6.45, 7) is 10.9. The monoisotopic (exact) mass is 572 g/mol. The van der Waals surface area contributed by atoms with Crippen LogP contribution in [0.2, 0.25) is 0 Å². The highest BCUT2D eigenvalue weighted by atomic mass is 16.6. The number of benzene rings is 3. The number of hydrogen-bond donors (Lipinski definition) is 3. The van der Waals surface area contributed by atoms with Crippen LogP contribution in [0.25, 0.3) is 10.8 Å². The summed E-state index contributed by atoms with van der Waals surface area (Å²) in [5.41, 5.74) is 7.78. The first-order chi connectivity index (χ1) is 19.7. The quantitative estimate of drug-likeness (QED) is 0.327. The SMILES string of the molecule is Cc1ccc(C(C(=O)Nc2ccc3ccccc3c2)N(C(=O)C(CC(N)=O)NC(=O)OC(C)(C)C)C2CC2C)c(C)c1. The number of hydrogen-bond acceptors (Lipinski definition) is 5. The summed E-state index contributed by atoms with van der Waals surface area (Å²) in [6, 6.07) is 16.6. The molecule has 1 fully saturated rings. The van der Waals surface area contributed by atoms with Crippen molar-refractivity contribution in [2.45, 2.75) is 78.1 Å². The number of amides is 4. The number of ether oxygens (including phenoxy) is 1. The van der Waals surface area contributed by atoms with E-state index in [1.54, 1.807) is 20.8 Å². The second kappa shape index (κ2) is 12.2. The van der Waals surface area contributed by atoms with Crippen LogP contribution in [0.4, 0.5) is 10.5 Å². The Morgan fingerprint density at radius 3 is 2.26 bits per heavy atom. The van der Waals surface area contributed by atoms with Gasteiger partial charge in [-0.3, -0.25) is 14.4 Å². The topological polar surface area (TPSA) is 131 Å². The number of anilines is 1. The number of alkyl carbamates (subject to hydrolysis) is 1. The van der Waals surface area contributed by atoms with Crippen LogP contribution in [0.3, 0.4) is 0 Å². The molecule has 0 aliphatic heterocycles. The summed E-state index contributed by atoms with van der Waals surface area (Å²) >= 11 is 0. The van der Waals surface area contributed by atoms with Crippen molar-refractivity contribution < 1.29 is 23.9 Å². The number of fused-ring (bicyclic) bond motifs is 1. The fourth-order valence-corrected chi connectivity index (χ4v) is 5.23. The van der Waals surface area contributed by atoms with E-state index in [0.717, 1.165) is 21.9 Å². The lowest BCUT2D eigenvalue weighted by Crippen LogP contribution is -2.54. The second-order valence-corrected chi connectivity index (χ2v) is 12.2. The number of carbonyl (C=O) groups is 4. The van der Waals surface area contributed by atoms with Crippen LogP contribution in [-0.4, -0.2) is 46.4 Å². The van der Waals surface area contributed by atoms with Gasteiger partial charge in [0.05, 0.1) is 6.42 Å². The predicted octanol–water partition coefficient (Wildman–Crippen LogP) is 5.14. The van der Waals surface area contributed by atoms with Crippen LogP contribution in [0, 0.1) is 19.8 Å². The number of primary amides is 1. The summed E-state index contributed by atoms with van der Waals surface area (Å²) in [5.74, 6) is -1.63. The van der Waals surface area contributed by atoms with Crippen LogP contribution in [0.5, 0.6) is 0 Å². The smallest absolute Gasteiger partial charge is 0.408 e.